The standard InChI is InChI=1S/C18H28N4O2/c1-15-3-2-4-17(20-15)19-13-16-5-7-21(14-16)8-6-18(23)22-9-11-24-12-10-22/h2-4,16H,5-14H2,1H3,(H,19,20)/t16-/m1/s1. The molecule has 3 heterocycles. The van der Waals surface area contributed by atoms with Crippen LogP contribution in [0.3, 0.4) is 0 Å². The number of nitrogens with one attached hydrogen (secondary N) is 1. The molecule has 24 heavy (non-hydrogen) atoms. The number of amides is 1. The number of ether oxygens (including phenoxy) is 1. The molecule has 1 aromatic rings. The minimum Gasteiger partial charge on any atom is -0.378 e. The molecule has 6 heteroatoms. The summed E-state index contributed by atoms with van der Waals surface area (Å²) in [5.74, 6) is 1.85. The van der Waals surface area contributed by atoms with Crippen LogP contribution < -0.4 is 5.32 Å². The van der Waals surface area contributed by atoms with Gasteiger partial charge in [0.1, 0.15) is 5.82 Å². The molecule has 2 fully saturated rings. The SMILES string of the molecule is Cc1cccc(NC[C@H]2CCN(CCC(=O)N3CCOCC3)C2)n1. The monoisotopic (exact) mass is 332 g/mol. The lowest BCUT2D eigenvalue weighted by atomic mass is 10.1. The van der Waals surface area contributed by atoms with Gasteiger partial charge in [0, 0.05) is 44.8 Å². The van der Waals surface area contributed by atoms with E-state index in [9.17, 15) is 4.79 Å². The van der Waals surface area contributed by atoms with Crippen molar-refractivity contribution in [2.45, 2.75) is 19.8 Å². The fraction of sp³-hybridized carbons (Fsp3) is 0.667. The van der Waals surface area contributed by atoms with E-state index in [2.05, 4.69) is 15.2 Å². The number of carbonyl (C=O) groups excluding carboxylic acids is 1. The van der Waals surface area contributed by atoms with Crippen molar-refractivity contribution in [3.8, 4) is 0 Å². The first-order chi connectivity index (χ1) is 11.7. The van der Waals surface area contributed by atoms with Gasteiger partial charge in [0.2, 0.25) is 5.91 Å². The van der Waals surface area contributed by atoms with E-state index in [-0.39, 0.29) is 5.91 Å². The number of likely N-dealkylation sites (tertiary alicyclic amines) is 1. The van der Waals surface area contributed by atoms with E-state index in [1.165, 1.54) is 6.42 Å². The normalized spacial score (nSPS) is 21.9. The molecule has 2 saturated heterocycles. The molecule has 1 aromatic heterocycles. The molecule has 3 rings (SSSR count). The Balaban J connectivity index is 1.35. The second-order valence-corrected chi connectivity index (χ2v) is 6.74. The summed E-state index contributed by atoms with van der Waals surface area (Å²) in [5.41, 5.74) is 1.04. The summed E-state index contributed by atoms with van der Waals surface area (Å²) in [6.07, 6.45) is 1.81. The summed E-state index contributed by atoms with van der Waals surface area (Å²) in [6, 6.07) is 6.05. The Morgan fingerprint density at radius 3 is 2.96 bits per heavy atom. The molecule has 6 nitrogen and oxygen atoms in total. The topological polar surface area (TPSA) is 57.7 Å². The average molecular weight is 332 g/mol. The van der Waals surface area contributed by atoms with E-state index < -0.39 is 0 Å². The van der Waals surface area contributed by atoms with Crippen molar-refractivity contribution in [1.29, 1.82) is 0 Å². The van der Waals surface area contributed by atoms with Crippen molar-refractivity contribution < 1.29 is 9.53 Å². The zero-order chi connectivity index (χ0) is 16.8. The quantitative estimate of drug-likeness (QED) is 0.853. The molecule has 1 amide bonds. The first-order valence-electron chi connectivity index (χ1n) is 8.96. The van der Waals surface area contributed by atoms with Crippen molar-refractivity contribution >= 4 is 11.7 Å². The van der Waals surface area contributed by atoms with E-state index in [4.69, 9.17) is 4.74 Å². The summed E-state index contributed by atoms with van der Waals surface area (Å²) in [5, 5.41) is 3.44. The largest absolute Gasteiger partial charge is 0.378 e. The number of nitrogens with zero attached hydrogens (tertiary/aromatic N) is 3. The minimum absolute atomic E-state index is 0.267. The molecule has 0 aromatic carbocycles. The second kappa shape index (κ2) is 8.44. The predicted octanol–water partition coefficient (Wildman–Crippen LogP) is 1.37. The number of aromatic nitrogens is 1. The third-order valence-corrected chi connectivity index (χ3v) is 4.84. The Labute approximate surface area is 144 Å². The van der Waals surface area contributed by atoms with Crippen LogP contribution in [0, 0.1) is 12.8 Å². The highest BCUT2D eigenvalue weighted by Crippen LogP contribution is 2.17. The summed E-state index contributed by atoms with van der Waals surface area (Å²) < 4.78 is 5.30. The van der Waals surface area contributed by atoms with Crippen molar-refractivity contribution in [3.05, 3.63) is 23.9 Å². The number of carbonyl (C=O) groups is 1. The summed E-state index contributed by atoms with van der Waals surface area (Å²) in [7, 11) is 0. The summed E-state index contributed by atoms with van der Waals surface area (Å²) in [4.78, 5) is 21.0. The van der Waals surface area contributed by atoms with Crippen LogP contribution in [0.5, 0.6) is 0 Å². The Bertz CT molecular complexity index is 546. The molecular formula is C18H28N4O2. The predicted molar refractivity (Wildman–Crippen MR) is 94.0 cm³/mol. The fourth-order valence-electron chi connectivity index (χ4n) is 3.40. The molecular weight excluding hydrogens is 304 g/mol. The Morgan fingerprint density at radius 1 is 1.33 bits per heavy atom. The third-order valence-electron chi connectivity index (χ3n) is 4.84. The smallest absolute Gasteiger partial charge is 0.224 e. The maximum Gasteiger partial charge on any atom is 0.224 e. The number of aryl methyl sites for hydroxylation is 1. The number of morpholine rings is 1. The molecule has 0 bridgehead atoms. The number of pyridine rings is 1. The zero-order valence-corrected chi connectivity index (χ0v) is 14.5. The van der Waals surface area contributed by atoms with Gasteiger partial charge in [-0.05, 0) is 37.9 Å². The van der Waals surface area contributed by atoms with E-state index >= 15 is 0 Å². The minimum atomic E-state index is 0.267. The van der Waals surface area contributed by atoms with Crippen molar-refractivity contribution in [2.24, 2.45) is 5.92 Å². The van der Waals surface area contributed by atoms with E-state index in [1.54, 1.807) is 0 Å². The molecule has 2 aliphatic heterocycles. The van der Waals surface area contributed by atoms with Crippen molar-refractivity contribution in [3.63, 3.8) is 0 Å². The Kier molecular flexibility index (Phi) is 6.04. The van der Waals surface area contributed by atoms with E-state index in [0.717, 1.165) is 50.8 Å². The van der Waals surface area contributed by atoms with Gasteiger partial charge in [-0.1, -0.05) is 6.07 Å². The first-order valence-corrected chi connectivity index (χ1v) is 8.96. The van der Waals surface area contributed by atoms with Crippen LogP contribution in [0.15, 0.2) is 18.2 Å². The van der Waals surface area contributed by atoms with Crippen LogP contribution >= 0.6 is 0 Å². The molecule has 0 spiro atoms. The van der Waals surface area contributed by atoms with Gasteiger partial charge >= 0.3 is 0 Å². The average Bonchev–Trinajstić information content (AvgIpc) is 3.07. The van der Waals surface area contributed by atoms with Crippen LogP contribution in [0.1, 0.15) is 18.5 Å². The number of hydrogen-bond donors (Lipinski definition) is 1. The van der Waals surface area contributed by atoms with Gasteiger partial charge in [0.15, 0.2) is 0 Å². The lowest BCUT2D eigenvalue weighted by Crippen LogP contribution is -2.41. The lowest BCUT2D eigenvalue weighted by molar-refractivity contribution is -0.135. The van der Waals surface area contributed by atoms with Gasteiger partial charge in [-0.15, -0.1) is 0 Å². The lowest BCUT2D eigenvalue weighted by Gasteiger charge is -2.27. The molecule has 1 atom stereocenters. The van der Waals surface area contributed by atoms with Crippen LogP contribution in [0.2, 0.25) is 0 Å². The maximum absolute atomic E-state index is 12.2. The molecule has 0 saturated carbocycles. The summed E-state index contributed by atoms with van der Waals surface area (Å²) >= 11 is 0. The van der Waals surface area contributed by atoms with Gasteiger partial charge < -0.3 is 19.9 Å². The Morgan fingerprint density at radius 2 is 2.17 bits per heavy atom. The fourth-order valence-corrected chi connectivity index (χ4v) is 3.40. The number of rotatable bonds is 6. The van der Waals surface area contributed by atoms with Gasteiger partial charge in [0.05, 0.1) is 13.2 Å². The molecule has 0 unspecified atom stereocenters. The highest BCUT2D eigenvalue weighted by molar-refractivity contribution is 5.76. The molecule has 0 radical (unpaired) electrons. The van der Waals surface area contributed by atoms with Gasteiger partial charge in [0.25, 0.3) is 0 Å². The Hall–Kier alpha value is -1.66. The van der Waals surface area contributed by atoms with Crippen molar-refractivity contribution in [2.75, 3.05) is 57.8 Å². The zero-order valence-electron chi connectivity index (χ0n) is 14.5. The highest BCUT2D eigenvalue weighted by atomic mass is 16.5. The van der Waals surface area contributed by atoms with Crippen LogP contribution in [0.4, 0.5) is 5.82 Å². The van der Waals surface area contributed by atoms with E-state index in [0.29, 0.717) is 25.6 Å². The molecule has 1 N–H and O–H groups in total. The van der Waals surface area contributed by atoms with Gasteiger partial charge in [-0.3, -0.25) is 4.79 Å². The van der Waals surface area contributed by atoms with Gasteiger partial charge in [-0.2, -0.15) is 0 Å². The molecule has 2 aliphatic rings. The van der Waals surface area contributed by atoms with E-state index in [1.807, 2.05) is 30.0 Å². The highest BCUT2D eigenvalue weighted by Gasteiger charge is 2.24. The number of hydrogen-bond acceptors (Lipinski definition) is 5. The van der Waals surface area contributed by atoms with Crippen molar-refractivity contribution in [1.82, 2.24) is 14.8 Å². The third kappa shape index (κ3) is 4.92. The molecule has 132 valence electrons. The molecule has 0 aliphatic carbocycles. The number of anilines is 1. The van der Waals surface area contributed by atoms with Crippen LogP contribution in [-0.4, -0.2) is 73.2 Å². The second-order valence-electron chi connectivity index (χ2n) is 6.74. The van der Waals surface area contributed by atoms with Crippen LogP contribution in [0.25, 0.3) is 0 Å². The summed E-state index contributed by atoms with van der Waals surface area (Å²) in [6.45, 7) is 8.82. The van der Waals surface area contributed by atoms with Crippen LogP contribution in [-0.2, 0) is 9.53 Å². The maximum atomic E-state index is 12.2. The first kappa shape index (κ1) is 17.2. The van der Waals surface area contributed by atoms with Gasteiger partial charge in [-0.25, -0.2) is 4.98 Å².